The summed E-state index contributed by atoms with van der Waals surface area (Å²) in [6.07, 6.45) is 0. The molecular formula is C11H13NO2. The quantitative estimate of drug-likeness (QED) is 0.408. The van der Waals surface area contributed by atoms with Crippen LogP contribution in [0.25, 0.3) is 0 Å². The number of carbonyl (C=O) groups is 1. The molecule has 0 atom stereocenters. The third kappa shape index (κ3) is 3.01. The van der Waals surface area contributed by atoms with Gasteiger partial charge in [-0.2, -0.15) is 0 Å². The molecule has 0 saturated heterocycles. The van der Waals surface area contributed by atoms with Crippen molar-refractivity contribution in [3.8, 4) is 0 Å². The molecule has 0 aliphatic carbocycles. The third-order valence-corrected chi connectivity index (χ3v) is 1.75. The van der Waals surface area contributed by atoms with Gasteiger partial charge in [0.25, 0.3) is 0 Å². The van der Waals surface area contributed by atoms with Crippen LogP contribution in [0, 0.1) is 6.92 Å². The van der Waals surface area contributed by atoms with E-state index in [1.165, 1.54) is 6.92 Å². The lowest BCUT2D eigenvalue weighted by atomic mass is 10.1. The zero-order valence-corrected chi connectivity index (χ0v) is 8.57. The van der Waals surface area contributed by atoms with Crippen LogP contribution < -0.4 is 0 Å². The number of oxime groups is 1. The molecule has 0 fully saturated rings. The molecule has 0 amide bonds. The van der Waals surface area contributed by atoms with E-state index in [1.807, 2.05) is 31.2 Å². The minimum absolute atomic E-state index is 0.406. The first-order valence-electron chi connectivity index (χ1n) is 4.39. The maximum Gasteiger partial charge on any atom is 0.331 e. The fourth-order valence-electron chi connectivity index (χ4n) is 1.06. The highest BCUT2D eigenvalue weighted by molar-refractivity contribution is 5.98. The summed E-state index contributed by atoms with van der Waals surface area (Å²) in [6, 6.07) is 7.86. The lowest BCUT2D eigenvalue weighted by Crippen LogP contribution is -1.99. The largest absolute Gasteiger partial charge is 0.331 e. The van der Waals surface area contributed by atoms with Gasteiger partial charge >= 0.3 is 5.97 Å². The molecule has 0 aromatic heterocycles. The van der Waals surface area contributed by atoms with Crippen LogP contribution in [0.1, 0.15) is 25.0 Å². The summed E-state index contributed by atoms with van der Waals surface area (Å²) in [6.45, 7) is 5.13. The van der Waals surface area contributed by atoms with Gasteiger partial charge in [-0.3, -0.25) is 0 Å². The van der Waals surface area contributed by atoms with E-state index < -0.39 is 5.97 Å². The lowest BCUT2D eigenvalue weighted by molar-refractivity contribution is -0.140. The molecule has 3 heteroatoms. The van der Waals surface area contributed by atoms with Gasteiger partial charge in [-0.1, -0.05) is 35.0 Å². The Bertz CT molecular complexity index is 369. The van der Waals surface area contributed by atoms with E-state index in [0.717, 1.165) is 11.1 Å². The van der Waals surface area contributed by atoms with E-state index in [-0.39, 0.29) is 0 Å². The smallest absolute Gasteiger partial charge is 0.318 e. The van der Waals surface area contributed by atoms with Crippen molar-refractivity contribution < 1.29 is 9.63 Å². The van der Waals surface area contributed by atoms with Crippen LogP contribution in [0.5, 0.6) is 0 Å². The van der Waals surface area contributed by atoms with E-state index >= 15 is 0 Å². The van der Waals surface area contributed by atoms with Crippen LogP contribution in [0.4, 0.5) is 0 Å². The van der Waals surface area contributed by atoms with E-state index in [9.17, 15) is 4.79 Å². The summed E-state index contributed by atoms with van der Waals surface area (Å²) in [5.74, 6) is -0.406. The van der Waals surface area contributed by atoms with E-state index in [2.05, 4.69) is 9.99 Å². The first kappa shape index (κ1) is 10.4. The Balaban J connectivity index is 2.83. The van der Waals surface area contributed by atoms with Gasteiger partial charge in [-0.15, -0.1) is 0 Å². The second-order valence-electron chi connectivity index (χ2n) is 3.13. The molecular weight excluding hydrogens is 178 g/mol. The molecule has 0 heterocycles. The van der Waals surface area contributed by atoms with Crippen LogP contribution in [-0.2, 0) is 9.63 Å². The molecule has 0 aliphatic rings. The standard InChI is InChI=1S/C11H13NO2/c1-8-5-4-6-11(7-8)9(2)12-14-10(3)13/h4-7H,1-3H3. The first-order valence-corrected chi connectivity index (χ1v) is 4.39. The van der Waals surface area contributed by atoms with Crippen LogP contribution in [0.15, 0.2) is 29.4 Å². The molecule has 0 radical (unpaired) electrons. The van der Waals surface area contributed by atoms with Crippen molar-refractivity contribution in [1.82, 2.24) is 0 Å². The highest BCUT2D eigenvalue weighted by atomic mass is 16.7. The van der Waals surface area contributed by atoms with E-state index in [0.29, 0.717) is 5.71 Å². The fourth-order valence-corrected chi connectivity index (χ4v) is 1.06. The Morgan fingerprint density at radius 2 is 2.07 bits per heavy atom. The van der Waals surface area contributed by atoms with Crippen LogP contribution in [0.3, 0.4) is 0 Å². The number of nitrogens with zero attached hydrogens (tertiary/aromatic N) is 1. The second-order valence-corrected chi connectivity index (χ2v) is 3.13. The van der Waals surface area contributed by atoms with Gasteiger partial charge in [0.1, 0.15) is 0 Å². The summed E-state index contributed by atoms with van der Waals surface area (Å²) >= 11 is 0. The highest BCUT2D eigenvalue weighted by Gasteiger charge is 1.98. The molecule has 0 unspecified atom stereocenters. The average Bonchev–Trinajstić information content (AvgIpc) is 2.14. The molecule has 3 nitrogen and oxygen atoms in total. The number of hydrogen-bond donors (Lipinski definition) is 0. The molecule has 0 aliphatic heterocycles. The Labute approximate surface area is 83.4 Å². The number of rotatable bonds is 2. The van der Waals surface area contributed by atoms with E-state index in [4.69, 9.17) is 0 Å². The average molecular weight is 191 g/mol. The van der Waals surface area contributed by atoms with Crippen molar-refractivity contribution in [1.29, 1.82) is 0 Å². The molecule has 14 heavy (non-hydrogen) atoms. The van der Waals surface area contributed by atoms with Gasteiger partial charge in [0, 0.05) is 6.92 Å². The third-order valence-electron chi connectivity index (χ3n) is 1.75. The normalized spacial score (nSPS) is 11.2. The number of aryl methyl sites for hydroxylation is 1. The highest BCUT2D eigenvalue weighted by Crippen LogP contribution is 2.05. The minimum atomic E-state index is -0.406. The lowest BCUT2D eigenvalue weighted by Gasteiger charge is -2.00. The molecule has 0 N–H and O–H groups in total. The summed E-state index contributed by atoms with van der Waals surface area (Å²) < 4.78 is 0. The van der Waals surface area contributed by atoms with Gasteiger partial charge < -0.3 is 4.84 Å². The predicted octanol–water partition coefficient (Wildman–Crippen LogP) is 2.28. The Hall–Kier alpha value is -1.64. The van der Waals surface area contributed by atoms with Crippen molar-refractivity contribution >= 4 is 11.7 Å². The predicted molar refractivity (Wildman–Crippen MR) is 55.2 cm³/mol. The van der Waals surface area contributed by atoms with Crippen LogP contribution in [-0.4, -0.2) is 11.7 Å². The van der Waals surface area contributed by atoms with Crippen LogP contribution >= 0.6 is 0 Å². The Kier molecular flexibility index (Phi) is 3.40. The van der Waals surface area contributed by atoms with Gasteiger partial charge in [0.2, 0.25) is 0 Å². The molecule has 0 saturated carbocycles. The van der Waals surface area contributed by atoms with Crippen molar-refractivity contribution in [2.45, 2.75) is 20.8 Å². The van der Waals surface area contributed by atoms with Crippen LogP contribution in [0.2, 0.25) is 0 Å². The second kappa shape index (κ2) is 4.56. The molecule has 1 aromatic carbocycles. The summed E-state index contributed by atoms with van der Waals surface area (Å²) in [5.41, 5.74) is 2.81. The summed E-state index contributed by atoms with van der Waals surface area (Å²) in [5, 5.41) is 3.70. The summed E-state index contributed by atoms with van der Waals surface area (Å²) in [4.78, 5) is 15.1. The fraction of sp³-hybridized carbons (Fsp3) is 0.273. The van der Waals surface area contributed by atoms with Crippen molar-refractivity contribution in [2.75, 3.05) is 0 Å². The Morgan fingerprint density at radius 1 is 1.36 bits per heavy atom. The zero-order valence-electron chi connectivity index (χ0n) is 8.57. The van der Waals surface area contributed by atoms with Gasteiger partial charge in [0.05, 0.1) is 5.71 Å². The maximum atomic E-state index is 10.5. The molecule has 0 bridgehead atoms. The van der Waals surface area contributed by atoms with E-state index in [1.54, 1.807) is 6.92 Å². The van der Waals surface area contributed by atoms with Gasteiger partial charge in [0.15, 0.2) is 0 Å². The number of hydrogen-bond acceptors (Lipinski definition) is 3. The number of benzene rings is 1. The van der Waals surface area contributed by atoms with Gasteiger partial charge in [-0.05, 0) is 19.4 Å². The molecule has 74 valence electrons. The van der Waals surface area contributed by atoms with Crippen molar-refractivity contribution in [2.24, 2.45) is 5.16 Å². The Morgan fingerprint density at radius 3 is 2.64 bits per heavy atom. The minimum Gasteiger partial charge on any atom is -0.318 e. The first-order chi connectivity index (χ1) is 6.59. The molecule has 1 aromatic rings. The SMILES string of the molecule is CC(=O)ON=C(C)c1cccc(C)c1. The van der Waals surface area contributed by atoms with Crippen molar-refractivity contribution in [3.63, 3.8) is 0 Å². The zero-order chi connectivity index (χ0) is 10.6. The van der Waals surface area contributed by atoms with Crippen molar-refractivity contribution in [3.05, 3.63) is 35.4 Å². The summed E-state index contributed by atoms with van der Waals surface area (Å²) in [7, 11) is 0. The maximum absolute atomic E-state index is 10.5. The molecule has 0 spiro atoms. The number of carbonyl (C=O) groups excluding carboxylic acids is 1. The topological polar surface area (TPSA) is 38.7 Å². The molecule has 1 rings (SSSR count). The monoisotopic (exact) mass is 191 g/mol. The van der Waals surface area contributed by atoms with Gasteiger partial charge in [-0.25, -0.2) is 4.79 Å².